The van der Waals surface area contributed by atoms with Crippen molar-refractivity contribution in [2.45, 2.75) is 51.9 Å². The molecule has 0 saturated heterocycles. The second-order valence-corrected chi connectivity index (χ2v) is 9.73. The monoisotopic (exact) mass is 202 g/mol. The fraction of sp³-hybridized carbons (Fsp3) is 0.889. The Bertz CT molecular complexity index is 196. The van der Waals surface area contributed by atoms with Crippen LogP contribution in [0.3, 0.4) is 0 Å². The fourth-order valence-electron chi connectivity index (χ4n) is 0.682. The van der Waals surface area contributed by atoms with Gasteiger partial charge in [0.25, 0.3) is 0 Å². The molecule has 0 aliphatic rings. The summed E-state index contributed by atoms with van der Waals surface area (Å²) in [6, 6.07) is 0. The molecule has 1 unspecified atom stereocenters. The average molecular weight is 202 g/mol. The van der Waals surface area contributed by atoms with E-state index in [-0.39, 0.29) is 17.0 Å². The molecule has 0 heterocycles. The second-order valence-electron chi connectivity index (χ2n) is 4.98. The highest BCUT2D eigenvalue weighted by Gasteiger charge is 2.38. The van der Waals surface area contributed by atoms with Crippen molar-refractivity contribution in [1.29, 1.82) is 5.41 Å². The van der Waals surface area contributed by atoms with Crippen LogP contribution in [0.15, 0.2) is 0 Å². The fourth-order valence-corrected chi connectivity index (χ4v) is 2.05. The molecule has 0 aliphatic heterocycles. The van der Waals surface area contributed by atoms with E-state index in [1.165, 1.54) is 0 Å². The van der Waals surface area contributed by atoms with Gasteiger partial charge in [0, 0.05) is 0 Å². The van der Waals surface area contributed by atoms with E-state index in [0.717, 1.165) is 0 Å². The summed E-state index contributed by atoms with van der Waals surface area (Å²) in [6.07, 6.45) is -0.249. The molecule has 0 saturated carbocycles. The molecular weight excluding hydrogens is 180 g/mol. The van der Waals surface area contributed by atoms with Gasteiger partial charge in [-0.15, -0.1) is 0 Å². The Labute approximate surface area is 82.3 Å². The number of nitrogens with two attached hydrogens (primary N) is 1. The van der Waals surface area contributed by atoms with Crippen LogP contribution in [-0.2, 0) is 4.43 Å². The van der Waals surface area contributed by atoms with Crippen LogP contribution in [0.4, 0.5) is 0 Å². The Morgan fingerprint density at radius 2 is 1.77 bits per heavy atom. The molecule has 0 aromatic heterocycles. The van der Waals surface area contributed by atoms with E-state index >= 15 is 0 Å². The van der Waals surface area contributed by atoms with E-state index in [1.54, 1.807) is 0 Å². The van der Waals surface area contributed by atoms with E-state index in [1.807, 2.05) is 6.92 Å². The molecule has 0 aromatic rings. The average Bonchev–Trinajstić information content (AvgIpc) is 1.83. The Kier molecular flexibility index (Phi) is 3.69. The third-order valence-electron chi connectivity index (χ3n) is 2.72. The predicted molar refractivity (Wildman–Crippen MR) is 59.7 cm³/mol. The molecule has 0 amide bonds. The predicted octanol–water partition coefficient (Wildman–Crippen LogP) is 2.33. The minimum absolute atomic E-state index is 0.116. The van der Waals surface area contributed by atoms with Gasteiger partial charge in [0.1, 0.15) is 5.84 Å². The maximum atomic E-state index is 7.26. The van der Waals surface area contributed by atoms with Crippen LogP contribution in [0, 0.1) is 5.41 Å². The molecular formula is C9H22N2OSi. The van der Waals surface area contributed by atoms with Crippen molar-refractivity contribution in [2.24, 2.45) is 5.73 Å². The highest BCUT2D eigenvalue weighted by molar-refractivity contribution is 6.74. The molecule has 0 bridgehead atoms. The first-order valence-electron chi connectivity index (χ1n) is 4.59. The molecule has 0 aliphatic carbocycles. The lowest BCUT2D eigenvalue weighted by Gasteiger charge is -2.38. The summed E-state index contributed by atoms with van der Waals surface area (Å²) < 4.78 is 5.85. The summed E-state index contributed by atoms with van der Waals surface area (Å²) in [7, 11) is -1.75. The zero-order chi connectivity index (χ0) is 10.9. The molecule has 0 rings (SSSR count). The van der Waals surface area contributed by atoms with Crippen LogP contribution in [0.5, 0.6) is 0 Å². The van der Waals surface area contributed by atoms with E-state index < -0.39 is 8.32 Å². The first-order valence-corrected chi connectivity index (χ1v) is 7.50. The smallest absolute Gasteiger partial charge is 0.193 e. The van der Waals surface area contributed by atoms with Gasteiger partial charge in [0.15, 0.2) is 8.32 Å². The first kappa shape index (κ1) is 12.6. The van der Waals surface area contributed by atoms with E-state index in [9.17, 15) is 0 Å². The van der Waals surface area contributed by atoms with Crippen molar-refractivity contribution >= 4 is 14.2 Å². The van der Waals surface area contributed by atoms with Gasteiger partial charge in [-0.3, -0.25) is 5.41 Å². The largest absolute Gasteiger partial charge is 0.407 e. The lowest BCUT2D eigenvalue weighted by atomic mass is 10.2. The van der Waals surface area contributed by atoms with Crippen molar-refractivity contribution in [2.75, 3.05) is 0 Å². The van der Waals surface area contributed by atoms with Crippen molar-refractivity contribution in [3.05, 3.63) is 0 Å². The lowest BCUT2D eigenvalue weighted by Crippen LogP contribution is -2.46. The number of rotatable bonds is 3. The Morgan fingerprint density at radius 3 is 2.00 bits per heavy atom. The summed E-state index contributed by atoms with van der Waals surface area (Å²) in [5.74, 6) is 0.116. The molecule has 1 atom stereocenters. The molecule has 0 fully saturated rings. The molecule has 78 valence electrons. The highest BCUT2D eigenvalue weighted by atomic mass is 28.4. The zero-order valence-electron chi connectivity index (χ0n) is 9.56. The van der Waals surface area contributed by atoms with Crippen molar-refractivity contribution in [3.63, 3.8) is 0 Å². The van der Waals surface area contributed by atoms with Crippen LogP contribution in [-0.4, -0.2) is 20.3 Å². The lowest BCUT2D eigenvalue weighted by molar-refractivity contribution is 0.257. The maximum Gasteiger partial charge on any atom is 0.193 e. The molecule has 3 nitrogen and oxygen atoms in total. The van der Waals surface area contributed by atoms with Crippen LogP contribution in [0.2, 0.25) is 18.1 Å². The minimum Gasteiger partial charge on any atom is -0.407 e. The summed E-state index contributed by atoms with van der Waals surface area (Å²) in [4.78, 5) is 0. The quantitative estimate of drug-likeness (QED) is 0.419. The molecule has 3 N–H and O–H groups in total. The zero-order valence-corrected chi connectivity index (χ0v) is 10.6. The van der Waals surface area contributed by atoms with Crippen molar-refractivity contribution in [3.8, 4) is 0 Å². The molecule has 0 spiro atoms. The normalized spacial score (nSPS) is 15.5. The first-order chi connectivity index (χ1) is 5.58. The van der Waals surface area contributed by atoms with E-state index in [2.05, 4.69) is 33.9 Å². The minimum atomic E-state index is -1.75. The number of hydrogen-bond donors (Lipinski definition) is 2. The van der Waals surface area contributed by atoms with Crippen molar-refractivity contribution in [1.82, 2.24) is 0 Å². The number of nitrogens with one attached hydrogen (secondary N) is 1. The van der Waals surface area contributed by atoms with Gasteiger partial charge in [-0.05, 0) is 25.1 Å². The third-order valence-corrected chi connectivity index (χ3v) is 7.27. The number of hydrogen-bond acceptors (Lipinski definition) is 2. The summed E-state index contributed by atoms with van der Waals surface area (Å²) in [6.45, 7) is 12.7. The Morgan fingerprint density at radius 1 is 1.38 bits per heavy atom. The number of amidine groups is 1. The van der Waals surface area contributed by atoms with Gasteiger partial charge < -0.3 is 10.2 Å². The maximum absolute atomic E-state index is 7.26. The van der Waals surface area contributed by atoms with Crippen molar-refractivity contribution < 1.29 is 4.43 Å². The highest BCUT2D eigenvalue weighted by Crippen LogP contribution is 2.37. The van der Waals surface area contributed by atoms with Gasteiger partial charge in [0.2, 0.25) is 0 Å². The Hall–Kier alpha value is -0.353. The van der Waals surface area contributed by atoms with Crippen LogP contribution < -0.4 is 5.73 Å². The van der Waals surface area contributed by atoms with Crippen LogP contribution in [0.25, 0.3) is 0 Å². The summed E-state index contributed by atoms with van der Waals surface area (Å²) in [5, 5.41) is 7.44. The van der Waals surface area contributed by atoms with Gasteiger partial charge in [-0.25, -0.2) is 0 Å². The molecule has 0 radical (unpaired) electrons. The summed E-state index contributed by atoms with van der Waals surface area (Å²) in [5.41, 5.74) is 5.37. The summed E-state index contributed by atoms with van der Waals surface area (Å²) >= 11 is 0. The van der Waals surface area contributed by atoms with E-state index in [4.69, 9.17) is 15.6 Å². The van der Waals surface area contributed by atoms with Crippen LogP contribution >= 0.6 is 0 Å². The Balaban J connectivity index is 4.43. The van der Waals surface area contributed by atoms with Gasteiger partial charge >= 0.3 is 0 Å². The molecule has 4 heteroatoms. The second kappa shape index (κ2) is 3.80. The SMILES string of the molecule is CC(O[Si](C)(C)C(C)(C)C)C(=N)N. The molecule has 13 heavy (non-hydrogen) atoms. The van der Waals surface area contributed by atoms with Gasteiger partial charge in [0.05, 0.1) is 6.10 Å². The van der Waals surface area contributed by atoms with Gasteiger partial charge in [-0.1, -0.05) is 20.8 Å². The molecule has 0 aromatic carbocycles. The standard InChI is InChI=1S/C9H22N2OSi/c1-7(8(10)11)12-13(5,6)9(2,3)4/h7H,1-6H3,(H3,10,11). The topological polar surface area (TPSA) is 59.1 Å². The van der Waals surface area contributed by atoms with E-state index in [0.29, 0.717) is 0 Å². The van der Waals surface area contributed by atoms with Crippen LogP contribution in [0.1, 0.15) is 27.7 Å². The third kappa shape index (κ3) is 3.48. The van der Waals surface area contributed by atoms with Gasteiger partial charge in [-0.2, -0.15) is 0 Å².